The molecule has 0 spiro atoms. The van der Waals surface area contributed by atoms with Gasteiger partial charge in [-0.05, 0) is 42.3 Å². The van der Waals surface area contributed by atoms with Crippen LogP contribution in [-0.2, 0) is 14.3 Å². The van der Waals surface area contributed by atoms with E-state index in [1.54, 1.807) is 58.3 Å². The molecule has 10 nitrogen and oxygen atoms in total. The average molecular weight is 486 g/mol. The van der Waals surface area contributed by atoms with E-state index in [1.165, 1.54) is 31.3 Å². The number of methoxy groups -OCH3 is 2. The fraction of sp³-hybridized carbons (Fsp3) is 0.360. The van der Waals surface area contributed by atoms with Gasteiger partial charge < -0.3 is 29.7 Å². The molecule has 3 amide bonds. The third kappa shape index (κ3) is 7.73. The second kappa shape index (κ2) is 12.4. The van der Waals surface area contributed by atoms with Crippen LogP contribution >= 0.6 is 0 Å². The summed E-state index contributed by atoms with van der Waals surface area (Å²) < 4.78 is 15.5. The van der Waals surface area contributed by atoms with Crippen LogP contribution in [-0.4, -0.2) is 69.6 Å². The van der Waals surface area contributed by atoms with E-state index >= 15 is 0 Å². The Morgan fingerprint density at radius 2 is 1.46 bits per heavy atom. The summed E-state index contributed by atoms with van der Waals surface area (Å²) in [6.45, 7) is 2.95. The Kier molecular flexibility index (Phi) is 9.63. The summed E-state index contributed by atoms with van der Waals surface area (Å²) in [6, 6.07) is 10.0. The van der Waals surface area contributed by atoms with E-state index in [4.69, 9.17) is 14.2 Å². The molecule has 10 heteroatoms. The van der Waals surface area contributed by atoms with Crippen LogP contribution in [0.15, 0.2) is 42.5 Å². The number of carbonyl (C=O) groups excluding carboxylic acids is 4. The van der Waals surface area contributed by atoms with Crippen LogP contribution < -0.4 is 20.1 Å². The largest absolute Gasteiger partial charge is 0.497 e. The molecule has 0 saturated heterocycles. The molecule has 0 heterocycles. The Hall–Kier alpha value is -4.08. The molecule has 0 aromatic heterocycles. The topological polar surface area (TPSA) is 123 Å². The molecule has 2 rings (SSSR count). The summed E-state index contributed by atoms with van der Waals surface area (Å²) in [7, 11) is 6.22. The highest BCUT2D eigenvalue weighted by molar-refractivity contribution is 5.98. The van der Waals surface area contributed by atoms with Crippen molar-refractivity contribution in [3.05, 3.63) is 53.6 Å². The lowest BCUT2D eigenvalue weighted by Gasteiger charge is -2.21. The summed E-state index contributed by atoms with van der Waals surface area (Å²) in [4.78, 5) is 51.0. The lowest BCUT2D eigenvalue weighted by Crippen LogP contribution is -2.46. The average Bonchev–Trinajstić information content (AvgIpc) is 2.84. The maximum absolute atomic E-state index is 12.8. The zero-order valence-corrected chi connectivity index (χ0v) is 20.7. The minimum atomic E-state index is -0.983. The maximum Gasteiger partial charge on any atom is 0.329 e. The highest BCUT2D eigenvalue weighted by Gasteiger charge is 2.27. The molecule has 2 N–H and O–H groups in total. The Labute approximate surface area is 204 Å². The SMILES string of the molecule is COc1cc(OC)cc(C(=O)N[C@H](C(=O)OCC(=O)Nc2ccc(C(=O)N(C)C)cc2)C(C)C)c1. The Bertz CT molecular complexity index is 1040. The first-order valence-corrected chi connectivity index (χ1v) is 10.9. The van der Waals surface area contributed by atoms with Crippen molar-refractivity contribution in [1.82, 2.24) is 10.2 Å². The summed E-state index contributed by atoms with van der Waals surface area (Å²) in [5.41, 5.74) is 1.17. The molecule has 2 aromatic carbocycles. The van der Waals surface area contributed by atoms with Crippen molar-refractivity contribution in [3.63, 3.8) is 0 Å². The van der Waals surface area contributed by atoms with E-state index < -0.39 is 30.4 Å². The van der Waals surface area contributed by atoms with Gasteiger partial charge >= 0.3 is 5.97 Å². The molecule has 0 aliphatic heterocycles. The molecule has 0 unspecified atom stereocenters. The molecule has 0 aliphatic rings. The Balaban J connectivity index is 1.97. The van der Waals surface area contributed by atoms with Gasteiger partial charge in [-0.1, -0.05) is 13.8 Å². The van der Waals surface area contributed by atoms with Gasteiger partial charge in [0.2, 0.25) is 0 Å². The van der Waals surface area contributed by atoms with Crippen molar-refractivity contribution < 1.29 is 33.4 Å². The molecule has 1 atom stereocenters. The summed E-state index contributed by atoms with van der Waals surface area (Å²) in [5.74, 6) is -1.44. The van der Waals surface area contributed by atoms with Crippen LogP contribution in [0.5, 0.6) is 11.5 Å². The van der Waals surface area contributed by atoms with Gasteiger partial charge in [0, 0.05) is 37.0 Å². The van der Waals surface area contributed by atoms with E-state index in [0.717, 1.165) is 0 Å². The molecule has 0 radical (unpaired) electrons. The third-order valence-corrected chi connectivity index (χ3v) is 4.99. The van der Waals surface area contributed by atoms with Crippen LogP contribution in [0, 0.1) is 5.92 Å². The van der Waals surface area contributed by atoms with Gasteiger partial charge in [-0.15, -0.1) is 0 Å². The molecule has 0 bridgehead atoms. The first-order valence-electron chi connectivity index (χ1n) is 10.9. The second-order valence-electron chi connectivity index (χ2n) is 8.23. The van der Waals surface area contributed by atoms with Crippen LogP contribution in [0.25, 0.3) is 0 Å². The van der Waals surface area contributed by atoms with Crippen molar-refractivity contribution in [2.24, 2.45) is 5.92 Å². The van der Waals surface area contributed by atoms with Crippen LogP contribution in [0.3, 0.4) is 0 Å². The van der Waals surface area contributed by atoms with Gasteiger partial charge in [0.1, 0.15) is 17.5 Å². The number of carbonyl (C=O) groups is 4. The number of anilines is 1. The fourth-order valence-electron chi connectivity index (χ4n) is 3.04. The van der Waals surface area contributed by atoms with Gasteiger partial charge in [0.05, 0.1) is 14.2 Å². The second-order valence-corrected chi connectivity index (χ2v) is 8.23. The van der Waals surface area contributed by atoms with Crippen molar-refractivity contribution >= 4 is 29.4 Å². The monoisotopic (exact) mass is 485 g/mol. The molecule has 0 fully saturated rings. The number of ether oxygens (including phenoxy) is 3. The lowest BCUT2D eigenvalue weighted by atomic mass is 10.0. The quantitative estimate of drug-likeness (QED) is 0.495. The van der Waals surface area contributed by atoms with Crippen LogP contribution in [0.4, 0.5) is 5.69 Å². The first-order chi connectivity index (χ1) is 16.5. The summed E-state index contributed by atoms with van der Waals surface area (Å²) >= 11 is 0. The summed E-state index contributed by atoms with van der Waals surface area (Å²) in [6.07, 6.45) is 0. The first kappa shape index (κ1) is 27.2. The molecular formula is C25H31N3O7. The highest BCUT2D eigenvalue weighted by atomic mass is 16.5. The smallest absolute Gasteiger partial charge is 0.329 e. The Morgan fingerprint density at radius 3 is 1.94 bits per heavy atom. The van der Waals surface area contributed by atoms with Crippen molar-refractivity contribution in [1.29, 1.82) is 0 Å². The minimum Gasteiger partial charge on any atom is -0.497 e. The van der Waals surface area contributed by atoms with Crippen molar-refractivity contribution in [2.75, 3.05) is 40.2 Å². The molecule has 0 saturated carbocycles. The van der Waals surface area contributed by atoms with E-state index in [2.05, 4.69) is 10.6 Å². The van der Waals surface area contributed by atoms with Crippen molar-refractivity contribution in [2.45, 2.75) is 19.9 Å². The molecule has 0 aliphatic carbocycles. The predicted molar refractivity (Wildman–Crippen MR) is 130 cm³/mol. The third-order valence-electron chi connectivity index (χ3n) is 4.99. The standard InChI is InChI=1S/C25H31N3O7/c1-15(2)22(27-23(30)17-11-19(33-5)13-20(12-17)34-6)25(32)35-14-21(29)26-18-9-7-16(8-10-18)24(31)28(3)4/h7-13,15,22H,14H2,1-6H3,(H,26,29)(H,27,30)/t22-/m0/s1. The van der Waals surface area contributed by atoms with Gasteiger partial charge in [0.25, 0.3) is 17.7 Å². The number of nitrogens with zero attached hydrogens (tertiary/aromatic N) is 1. The Morgan fingerprint density at radius 1 is 0.886 bits per heavy atom. The number of rotatable bonds is 10. The van der Waals surface area contributed by atoms with Crippen LogP contribution in [0.1, 0.15) is 34.6 Å². The number of amides is 3. The van der Waals surface area contributed by atoms with Gasteiger partial charge in [-0.2, -0.15) is 0 Å². The fourth-order valence-corrected chi connectivity index (χ4v) is 3.04. The predicted octanol–water partition coefficient (Wildman–Crippen LogP) is 2.34. The van der Waals surface area contributed by atoms with E-state index in [0.29, 0.717) is 22.7 Å². The molecule has 188 valence electrons. The van der Waals surface area contributed by atoms with E-state index in [9.17, 15) is 19.2 Å². The van der Waals surface area contributed by atoms with Gasteiger partial charge in [-0.25, -0.2) is 4.79 Å². The normalized spacial score (nSPS) is 11.3. The maximum atomic E-state index is 12.8. The zero-order chi connectivity index (χ0) is 26.1. The zero-order valence-electron chi connectivity index (χ0n) is 20.7. The van der Waals surface area contributed by atoms with E-state index in [-0.39, 0.29) is 17.4 Å². The highest BCUT2D eigenvalue weighted by Crippen LogP contribution is 2.22. The number of hydrogen-bond donors (Lipinski definition) is 2. The van der Waals surface area contributed by atoms with Gasteiger partial charge in [-0.3, -0.25) is 14.4 Å². The summed E-state index contributed by atoms with van der Waals surface area (Å²) in [5, 5.41) is 5.24. The molecular weight excluding hydrogens is 454 g/mol. The lowest BCUT2D eigenvalue weighted by molar-refractivity contribution is -0.150. The number of esters is 1. The number of benzene rings is 2. The number of hydrogen-bond acceptors (Lipinski definition) is 7. The minimum absolute atomic E-state index is 0.161. The molecule has 2 aromatic rings. The van der Waals surface area contributed by atoms with Crippen molar-refractivity contribution in [3.8, 4) is 11.5 Å². The van der Waals surface area contributed by atoms with Crippen LogP contribution in [0.2, 0.25) is 0 Å². The number of nitrogens with one attached hydrogen (secondary N) is 2. The molecule has 35 heavy (non-hydrogen) atoms. The van der Waals surface area contributed by atoms with E-state index in [1.807, 2.05) is 0 Å². The van der Waals surface area contributed by atoms with Gasteiger partial charge in [0.15, 0.2) is 6.61 Å².